The molecule has 0 saturated heterocycles. The number of hydrogen-bond acceptors (Lipinski definition) is 2. The number of alkyl halides is 3. The molecule has 0 aromatic heterocycles. The minimum atomic E-state index is -4.37. The van der Waals surface area contributed by atoms with Gasteiger partial charge in [-0.1, -0.05) is 12.1 Å². The van der Waals surface area contributed by atoms with Crippen LogP contribution in [0, 0.1) is 17.8 Å². The third-order valence-corrected chi connectivity index (χ3v) is 6.91. The quantitative estimate of drug-likeness (QED) is 0.695. The summed E-state index contributed by atoms with van der Waals surface area (Å²) >= 11 is 0. The first-order valence-corrected chi connectivity index (χ1v) is 9.64. The number of carboxylic acid groups (broad SMARTS) is 1. The summed E-state index contributed by atoms with van der Waals surface area (Å²) < 4.78 is 39.7. The van der Waals surface area contributed by atoms with Crippen molar-refractivity contribution in [2.45, 2.75) is 37.4 Å². The number of carbonyl (C=O) groups is 1. The summed E-state index contributed by atoms with van der Waals surface area (Å²) in [5, 5.41) is 12.8. The van der Waals surface area contributed by atoms with E-state index < -0.39 is 17.7 Å². The highest BCUT2D eigenvalue weighted by Crippen LogP contribution is 2.63. The SMILES string of the molecule is O=C(O)c1ccc2c(c1)[C@@H]1[C@H]3CC[C@@H](C3)[C@H]1[C@@H](c1cccc(C(F)(F)F)c1)N2. The van der Waals surface area contributed by atoms with Crippen molar-refractivity contribution >= 4 is 11.7 Å². The van der Waals surface area contributed by atoms with Gasteiger partial charge >= 0.3 is 12.1 Å². The third-order valence-electron chi connectivity index (χ3n) is 6.91. The summed E-state index contributed by atoms with van der Waals surface area (Å²) in [6.45, 7) is 0. The molecule has 0 radical (unpaired) electrons. The molecule has 1 heterocycles. The first kappa shape index (κ1) is 17.6. The number of hydrogen-bond donors (Lipinski definition) is 2. The largest absolute Gasteiger partial charge is 0.478 e. The number of anilines is 1. The fourth-order valence-corrected chi connectivity index (χ4v) is 5.86. The molecule has 6 heteroatoms. The number of nitrogens with one attached hydrogen (secondary N) is 1. The number of aromatic carboxylic acids is 1. The smallest absolute Gasteiger partial charge is 0.416 e. The summed E-state index contributed by atoms with van der Waals surface area (Å²) in [6, 6.07) is 10.5. The molecule has 28 heavy (non-hydrogen) atoms. The zero-order valence-electron chi connectivity index (χ0n) is 15.0. The third kappa shape index (κ3) is 2.61. The zero-order chi connectivity index (χ0) is 19.6. The van der Waals surface area contributed by atoms with E-state index in [0.717, 1.165) is 36.6 Å². The molecule has 2 N–H and O–H groups in total. The Labute approximate surface area is 160 Å². The van der Waals surface area contributed by atoms with E-state index >= 15 is 0 Å². The zero-order valence-corrected chi connectivity index (χ0v) is 15.0. The maximum atomic E-state index is 13.2. The lowest BCUT2D eigenvalue weighted by atomic mass is 9.68. The second kappa shape index (κ2) is 6.00. The fourth-order valence-electron chi connectivity index (χ4n) is 5.86. The van der Waals surface area contributed by atoms with E-state index in [-0.39, 0.29) is 23.4 Å². The molecule has 0 spiro atoms. The van der Waals surface area contributed by atoms with E-state index in [2.05, 4.69) is 5.32 Å². The molecule has 2 fully saturated rings. The highest BCUT2D eigenvalue weighted by Gasteiger charge is 2.54. The van der Waals surface area contributed by atoms with Crippen LogP contribution in [0.5, 0.6) is 0 Å². The first-order valence-electron chi connectivity index (χ1n) is 9.64. The minimum absolute atomic E-state index is 0.189. The Morgan fingerprint density at radius 1 is 1.07 bits per heavy atom. The van der Waals surface area contributed by atoms with Gasteiger partial charge < -0.3 is 10.4 Å². The first-order chi connectivity index (χ1) is 13.3. The van der Waals surface area contributed by atoms with Crippen LogP contribution < -0.4 is 5.32 Å². The molecular formula is C22H20F3NO2. The molecule has 3 aliphatic rings. The summed E-state index contributed by atoms with van der Waals surface area (Å²) in [6.07, 6.45) is -1.09. The van der Waals surface area contributed by atoms with Crippen LogP contribution in [0.4, 0.5) is 18.9 Å². The second-order valence-corrected chi connectivity index (χ2v) is 8.29. The molecule has 5 rings (SSSR count). The van der Waals surface area contributed by atoms with Gasteiger partial charge in [-0.25, -0.2) is 4.79 Å². The van der Waals surface area contributed by atoms with Crippen molar-refractivity contribution in [3.63, 3.8) is 0 Å². The Hall–Kier alpha value is -2.50. The maximum Gasteiger partial charge on any atom is 0.416 e. The maximum absolute atomic E-state index is 13.2. The van der Waals surface area contributed by atoms with Gasteiger partial charge in [0.05, 0.1) is 17.2 Å². The van der Waals surface area contributed by atoms with Crippen LogP contribution in [0.1, 0.15) is 58.3 Å². The lowest BCUT2D eigenvalue weighted by Gasteiger charge is -2.43. The van der Waals surface area contributed by atoms with Crippen molar-refractivity contribution in [2.24, 2.45) is 17.8 Å². The van der Waals surface area contributed by atoms with Gasteiger partial charge in [-0.3, -0.25) is 0 Å². The average molecular weight is 387 g/mol. The van der Waals surface area contributed by atoms with E-state index in [1.54, 1.807) is 24.3 Å². The van der Waals surface area contributed by atoms with Crippen LogP contribution in [0.3, 0.4) is 0 Å². The van der Waals surface area contributed by atoms with Gasteiger partial charge in [-0.15, -0.1) is 0 Å². The molecule has 2 aliphatic carbocycles. The Balaban J connectivity index is 1.61. The fraction of sp³-hybridized carbons (Fsp3) is 0.409. The van der Waals surface area contributed by atoms with Gasteiger partial charge in [0.1, 0.15) is 0 Å². The van der Waals surface area contributed by atoms with E-state index in [4.69, 9.17) is 0 Å². The van der Waals surface area contributed by atoms with Crippen molar-refractivity contribution in [3.05, 3.63) is 64.7 Å². The Morgan fingerprint density at radius 3 is 2.61 bits per heavy atom. The van der Waals surface area contributed by atoms with Crippen LogP contribution in [0.2, 0.25) is 0 Å². The van der Waals surface area contributed by atoms with Crippen molar-refractivity contribution in [1.82, 2.24) is 0 Å². The van der Waals surface area contributed by atoms with Crippen molar-refractivity contribution < 1.29 is 23.1 Å². The highest BCUT2D eigenvalue weighted by atomic mass is 19.4. The molecular weight excluding hydrogens is 367 g/mol. The van der Waals surface area contributed by atoms with Crippen LogP contribution in [0.15, 0.2) is 42.5 Å². The van der Waals surface area contributed by atoms with Gasteiger partial charge in [0, 0.05) is 5.69 Å². The second-order valence-electron chi connectivity index (χ2n) is 8.29. The number of halogens is 3. The highest BCUT2D eigenvalue weighted by molar-refractivity contribution is 5.88. The van der Waals surface area contributed by atoms with Gasteiger partial charge in [0.15, 0.2) is 0 Å². The minimum Gasteiger partial charge on any atom is -0.478 e. The lowest BCUT2D eigenvalue weighted by Crippen LogP contribution is -2.35. The summed E-state index contributed by atoms with van der Waals surface area (Å²) in [4.78, 5) is 11.4. The molecule has 5 atom stereocenters. The predicted molar refractivity (Wildman–Crippen MR) is 98.3 cm³/mol. The van der Waals surface area contributed by atoms with E-state index in [9.17, 15) is 23.1 Å². The molecule has 3 nitrogen and oxygen atoms in total. The van der Waals surface area contributed by atoms with Crippen LogP contribution in [-0.4, -0.2) is 11.1 Å². The molecule has 1 aliphatic heterocycles. The topological polar surface area (TPSA) is 49.3 Å². The summed E-state index contributed by atoms with van der Waals surface area (Å²) in [7, 11) is 0. The van der Waals surface area contributed by atoms with Gasteiger partial charge in [-0.2, -0.15) is 13.2 Å². The standard InChI is InChI=1S/C22H20F3NO2/c23-22(24,25)15-3-1-2-13(9-15)20-19-12-5-4-11(8-12)18(19)16-10-14(21(27)28)6-7-17(16)26-20/h1-3,6-7,9-12,18-20,26H,4-5,8H2,(H,27,28)/t11-,12-,18-,19+,20+/m0/s1. The molecule has 2 aromatic carbocycles. The van der Waals surface area contributed by atoms with E-state index in [1.165, 1.54) is 12.1 Å². The number of benzene rings is 2. The molecule has 146 valence electrons. The molecule has 0 amide bonds. The normalized spacial score (nSPS) is 30.5. The van der Waals surface area contributed by atoms with E-state index in [0.29, 0.717) is 17.4 Å². The predicted octanol–water partition coefficient (Wildman–Crippen LogP) is 5.70. The van der Waals surface area contributed by atoms with Crippen molar-refractivity contribution in [1.29, 1.82) is 0 Å². The van der Waals surface area contributed by atoms with Gasteiger partial charge in [0.25, 0.3) is 0 Å². The Morgan fingerprint density at radius 2 is 1.86 bits per heavy atom. The van der Waals surface area contributed by atoms with E-state index in [1.807, 2.05) is 0 Å². The van der Waals surface area contributed by atoms with Gasteiger partial charge in [0.2, 0.25) is 0 Å². The van der Waals surface area contributed by atoms with Crippen molar-refractivity contribution in [2.75, 3.05) is 5.32 Å². The summed E-state index contributed by atoms with van der Waals surface area (Å²) in [5.74, 6) is 0.381. The molecule has 0 unspecified atom stereocenters. The Kier molecular flexibility index (Phi) is 3.77. The molecule has 2 aromatic rings. The van der Waals surface area contributed by atoms with Crippen LogP contribution in [0.25, 0.3) is 0 Å². The number of rotatable bonds is 2. The monoisotopic (exact) mass is 387 g/mol. The average Bonchev–Trinajstić information content (AvgIpc) is 3.29. The molecule has 2 saturated carbocycles. The molecule has 2 bridgehead atoms. The lowest BCUT2D eigenvalue weighted by molar-refractivity contribution is -0.137. The van der Waals surface area contributed by atoms with Crippen LogP contribution in [-0.2, 0) is 6.18 Å². The summed E-state index contributed by atoms with van der Waals surface area (Å²) in [5.41, 5.74) is 2.16. The Bertz CT molecular complexity index is 955. The number of carboxylic acids is 1. The van der Waals surface area contributed by atoms with Gasteiger partial charge in [-0.05, 0) is 84.4 Å². The van der Waals surface area contributed by atoms with Crippen LogP contribution >= 0.6 is 0 Å². The number of fused-ring (bicyclic) bond motifs is 7. The van der Waals surface area contributed by atoms with Crippen molar-refractivity contribution in [3.8, 4) is 0 Å².